The molecule has 0 aromatic carbocycles. The average Bonchev–Trinajstić information content (AvgIpc) is 3.56. The second-order valence-electron chi connectivity index (χ2n) is 9.71. The third kappa shape index (κ3) is 4.01. The molecule has 9 heteroatoms. The fraction of sp³-hybridized carbons (Fsp3) is 0.520. The lowest BCUT2D eigenvalue weighted by Crippen LogP contribution is -2.37. The predicted molar refractivity (Wildman–Crippen MR) is 136 cm³/mol. The Labute approximate surface area is 204 Å². The van der Waals surface area contributed by atoms with Gasteiger partial charge in [0.1, 0.15) is 11.3 Å². The van der Waals surface area contributed by atoms with Crippen LogP contribution in [0.2, 0.25) is 0 Å². The van der Waals surface area contributed by atoms with E-state index in [9.17, 15) is 0 Å². The van der Waals surface area contributed by atoms with Gasteiger partial charge in [0.05, 0.1) is 24.2 Å². The number of hydrogen-bond acceptors (Lipinski definition) is 7. The minimum absolute atomic E-state index is 0.267. The quantitative estimate of drug-likeness (QED) is 0.405. The van der Waals surface area contributed by atoms with Gasteiger partial charge in [-0.3, -0.25) is 5.10 Å². The lowest BCUT2D eigenvalue weighted by atomic mass is 9.93. The van der Waals surface area contributed by atoms with Crippen LogP contribution in [0.25, 0.3) is 27.6 Å². The van der Waals surface area contributed by atoms with Crippen molar-refractivity contribution in [3.8, 4) is 27.7 Å². The number of piperidine rings is 1. The van der Waals surface area contributed by atoms with Crippen LogP contribution in [-0.2, 0) is 0 Å². The Morgan fingerprint density at radius 2 is 1.94 bits per heavy atom. The lowest BCUT2D eigenvalue weighted by Gasteiger charge is -2.34. The van der Waals surface area contributed by atoms with E-state index in [2.05, 4.69) is 54.7 Å². The molecule has 0 spiro atoms. The number of fused-ring (bicyclic) bond motifs is 1. The maximum atomic E-state index is 5.57. The van der Waals surface area contributed by atoms with Crippen molar-refractivity contribution in [1.29, 1.82) is 0 Å². The molecule has 0 radical (unpaired) electrons. The fourth-order valence-electron chi connectivity index (χ4n) is 5.04. The first-order valence-corrected chi connectivity index (χ1v) is 12.9. The molecule has 0 saturated carbocycles. The smallest absolute Gasteiger partial charge is 0.197 e. The van der Waals surface area contributed by atoms with Crippen LogP contribution in [0, 0.1) is 6.92 Å². The van der Waals surface area contributed by atoms with Crippen LogP contribution in [-0.4, -0.2) is 60.9 Å². The molecule has 0 bridgehead atoms. The number of nitrogens with one attached hydrogen (secondary N) is 1. The molecule has 34 heavy (non-hydrogen) atoms. The number of nitrogens with zero attached hydrogens (tertiary/aromatic N) is 6. The Morgan fingerprint density at radius 1 is 1.18 bits per heavy atom. The first-order valence-electron chi connectivity index (χ1n) is 12.0. The summed E-state index contributed by atoms with van der Waals surface area (Å²) < 4.78 is 7.31. The topological polar surface area (TPSA) is 84.2 Å². The Balaban J connectivity index is 1.51. The minimum atomic E-state index is 0.267. The van der Waals surface area contributed by atoms with Gasteiger partial charge in [0.15, 0.2) is 11.4 Å². The Morgan fingerprint density at radius 3 is 2.62 bits per heavy atom. The van der Waals surface area contributed by atoms with Crippen molar-refractivity contribution >= 4 is 17.0 Å². The summed E-state index contributed by atoms with van der Waals surface area (Å²) in [4.78, 5) is 13.3. The highest BCUT2D eigenvalue weighted by Gasteiger charge is 2.28. The molecule has 8 nitrogen and oxygen atoms in total. The van der Waals surface area contributed by atoms with Crippen molar-refractivity contribution < 1.29 is 4.74 Å². The molecule has 1 saturated heterocycles. The number of likely N-dealkylation sites (tertiary alicyclic amines) is 1. The van der Waals surface area contributed by atoms with Crippen LogP contribution in [0.15, 0.2) is 18.6 Å². The van der Waals surface area contributed by atoms with Gasteiger partial charge < -0.3 is 9.64 Å². The second-order valence-corrected chi connectivity index (χ2v) is 10.7. The number of ether oxygens (including phenoxy) is 1. The van der Waals surface area contributed by atoms with Crippen molar-refractivity contribution in [2.24, 2.45) is 0 Å². The highest BCUT2D eigenvalue weighted by Crippen LogP contribution is 2.42. The van der Waals surface area contributed by atoms with Crippen LogP contribution in [0.5, 0.6) is 5.75 Å². The van der Waals surface area contributed by atoms with Gasteiger partial charge in [0.2, 0.25) is 0 Å². The molecular weight excluding hydrogens is 446 g/mol. The van der Waals surface area contributed by atoms with Gasteiger partial charge in [-0.25, -0.2) is 14.5 Å². The Kier molecular flexibility index (Phi) is 6.16. The maximum absolute atomic E-state index is 5.57. The number of aromatic nitrogens is 6. The van der Waals surface area contributed by atoms with Gasteiger partial charge in [-0.1, -0.05) is 13.8 Å². The molecular formula is C25H33N7OS. The molecule has 1 aliphatic heterocycles. The highest BCUT2D eigenvalue weighted by molar-refractivity contribution is 7.15. The van der Waals surface area contributed by atoms with E-state index in [1.54, 1.807) is 11.6 Å². The number of H-pyrrole nitrogens is 1. The molecule has 1 aliphatic rings. The van der Waals surface area contributed by atoms with E-state index in [0.29, 0.717) is 23.4 Å². The summed E-state index contributed by atoms with van der Waals surface area (Å²) >= 11 is 1.83. The van der Waals surface area contributed by atoms with Crippen LogP contribution >= 0.6 is 11.3 Å². The molecule has 180 valence electrons. The summed E-state index contributed by atoms with van der Waals surface area (Å²) in [5.41, 5.74) is 5.87. The summed E-state index contributed by atoms with van der Waals surface area (Å²) in [6.45, 7) is 13.4. The summed E-state index contributed by atoms with van der Waals surface area (Å²) in [6, 6.07) is 2.60. The van der Waals surface area contributed by atoms with Crippen molar-refractivity contribution in [2.75, 3.05) is 20.2 Å². The van der Waals surface area contributed by atoms with Crippen molar-refractivity contribution in [1.82, 2.24) is 34.7 Å². The van der Waals surface area contributed by atoms with Gasteiger partial charge in [-0.05, 0) is 64.6 Å². The SMILES string of the molecule is COc1cc(-c2n[nH]c(-c3nc(C)c(C4CCN(C(C)C)CC4)s3)c2C(C)C)cn2ncnc12. The monoisotopic (exact) mass is 479 g/mol. The zero-order valence-corrected chi connectivity index (χ0v) is 21.6. The van der Waals surface area contributed by atoms with Crippen molar-refractivity contribution in [3.63, 3.8) is 0 Å². The summed E-state index contributed by atoms with van der Waals surface area (Å²) in [5.74, 6) is 1.53. The first kappa shape index (κ1) is 23.0. The number of methoxy groups -OCH3 is 1. The predicted octanol–water partition coefficient (Wildman–Crippen LogP) is 5.27. The van der Waals surface area contributed by atoms with Crippen LogP contribution in [0.1, 0.15) is 68.5 Å². The number of aromatic amines is 1. The molecule has 4 aromatic heterocycles. The summed E-state index contributed by atoms with van der Waals surface area (Å²) in [6.07, 6.45) is 5.89. The van der Waals surface area contributed by atoms with Gasteiger partial charge in [-0.15, -0.1) is 11.3 Å². The third-order valence-corrected chi connectivity index (χ3v) is 8.23. The normalized spacial score (nSPS) is 15.8. The molecule has 4 aromatic rings. The standard InChI is InChI=1S/C25H33N7OS/c1-14(2)20-21(18-11-19(33-6)24-26-13-27-32(24)12-18)29-30-22(20)25-28-16(5)23(34-25)17-7-9-31(10-8-17)15(3)4/h11-15,17H,7-10H2,1-6H3,(H,29,30). The van der Waals surface area contributed by atoms with E-state index in [4.69, 9.17) is 14.8 Å². The minimum Gasteiger partial charge on any atom is -0.493 e. The second kappa shape index (κ2) is 9.11. The molecule has 1 N–H and O–H groups in total. The summed E-state index contributed by atoms with van der Waals surface area (Å²) in [5, 5.41) is 13.4. The largest absolute Gasteiger partial charge is 0.493 e. The zero-order chi connectivity index (χ0) is 24.0. The number of thiazole rings is 1. The number of pyridine rings is 1. The van der Waals surface area contributed by atoms with E-state index >= 15 is 0 Å². The van der Waals surface area contributed by atoms with Crippen molar-refractivity contribution in [2.45, 2.75) is 65.3 Å². The number of rotatable bonds is 6. The van der Waals surface area contributed by atoms with Gasteiger partial charge >= 0.3 is 0 Å². The van der Waals surface area contributed by atoms with Crippen LogP contribution in [0.3, 0.4) is 0 Å². The summed E-state index contributed by atoms with van der Waals surface area (Å²) in [7, 11) is 1.65. The highest BCUT2D eigenvalue weighted by atomic mass is 32.1. The van der Waals surface area contributed by atoms with E-state index in [1.165, 1.54) is 24.0 Å². The first-order chi connectivity index (χ1) is 16.4. The van der Waals surface area contributed by atoms with Gasteiger partial charge in [0, 0.05) is 28.2 Å². The molecule has 0 amide bonds. The average molecular weight is 480 g/mol. The van der Waals surface area contributed by atoms with Gasteiger partial charge in [0.25, 0.3) is 0 Å². The molecule has 0 atom stereocenters. The Bertz CT molecular complexity index is 1290. The third-order valence-electron chi connectivity index (χ3n) is 6.89. The fourth-order valence-corrected chi connectivity index (χ4v) is 6.29. The van der Waals surface area contributed by atoms with E-state index < -0.39 is 0 Å². The van der Waals surface area contributed by atoms with Crippen molar-refractivity contribution in [3.05, 3.63) is 34.7 Å². The maximum Gasteiger partial charge on any atom is 0.197 e. The van der Waals surface area contributed by atoms with Crippen LogP contribution < -0.4 is 4.74 Å². The number of aryl methyl sites for hydroxylation is 1. The molecule has 0 aliphatic carbocycles. The van der Waals surface area contributed by atoms with E-state index in [-0.39, 0.29) is 5.92 Å². The molecule has 5 heterocycles. The number of hydrogen-bond donors (Lipinski definition) is 1. The van der Waals surface area contributed by atoms with Gasteiger partial charge in [-0.2, -0.15) is 10.2 Å². The molecule has 5 rings (SSSR count). The molecule has 0 unspecified atom stereocenters. The zero-order valence-electron chi connectivity index (χ0n) is 20.8. The van der Waals surface area contributed by atoms with E-state index in [1.807, 2.05) is 23.6 Å². The lowest BCUT2D eigenvalue weighted by molar-refractivity contribution is 0.172. The molecule has 1 fully saturated rings. The Hall–Kier alpha value is -2.78. The van der Waals surface area contributed by atoms with E-state index in [0.717, 1.165) is 46.3 Å². The van der Waals surface area contributed by atoms with Crippen LogP contribution in [0.4, 0.5) is 0 Å².